The Morgan fingerprint density at radius 3 is 2.46 bits per heavy atom. The summed E-state index contributed by atoms with van der Waals surface area (Å²) in [5.41, 5.74) is 5.76. The quantitative estimate of drug-likeness (QED) is 0.0544. The lowest BCUT2D eigenvalue weighted by molar-refractivity contribution is -0.136. The largest absolute Gasteiger partial charge is 0.488 e. The Morgan fingerprint density at radius 2 is 1.68 bits per heavy atom. The number of nitrogens with zero attached hydrogens (tertiary/aromatic N) is 5. The van der Waals surface area contributed by atoms with Crippen LogP contribution in [0.15, 0.2) is 42.0 Å². The van der Waals surface area contributed by atoms with Gasteiger partial charge in [-0.3, -0.25) is 24.4 Å². The monoisotopic (exact) mass is 841 g/mol. The Morgan fingerprint density at radius 1 is 0.915 bits per heavy atom. The summed E-state index contributed by atoms with van der Waals surface area (Å²) < 4.78 is 8.05. The average molecular weight is 843 g/mol. The number of piperidine rings is 1. The number of fused-ring (bicyclic) bond motifs is 1. The molecule has 2 aliphatic carbocycles. The van der Waals surface area contributed by atoms with Crippen molar-refractivity contribution >= 4 is 46.6 Å². The first-order valence-corrected chi connectivity index (χ1v) is 22.7. The van der Waals surface area contributed by atoms with E-state index >= 15 is 0 Å². The fraction of sp³-hybridized carbons (Fsp3) is 0.545. The second-order valence-corrected chi connectivity index (χ2v) is 18.0. The summed E-state index contributed by atoms with van der Waals surface area (Å²) in [6, 6.07) is 8.49. The van der Waals surface area contributed by atoms with Crippen LogP contribution in [0, 0.1) is 5.92 Å². The number of aromatic nitrogens is 4. The molecule has 4 aromatic rings. The Labute approximate surface area is 355 Å². The van der Waals surface area contributed by atoms with E-state index in [4.69, 9.17) is 21.3 Å². The number of carbonyl (C=O) groups is 3. The number of thiophene rings is 1. The van der Waals surface area contributed by atoms with Crippen LogP contribution in [0.5, 0.6) is 5.75 Å². The molecular formula is C44H56ClN9O4S. The first-order valence-electron chi connectivity index (χ1n) is 21.5. The highest BCUT2D eigenvalue weighted by Crippen LogP contribution is 2.37. The second kappa shape index (κ2) is 19.3. The molecule has 2 aliphatic heterocycles. The Hall–Kier alpha value is -4.37. The minimum Gasteiger partial charge on any atom is -0.488 e. The number of imide groups is 1. The van der Waals surface area contributed by atoms with Crippen LogP contribution in [-0.2, 0) is 42.8 Å². The van der Waals surface area contributed by atoms with E-state index in [-0.39, 0.29) is 18.2 Å². The van der Waals surface area contributed by atoms with Crippen LogP contribution in [0.2, 0.25) is 5.02 Å². The lowest BCUT2D eigenvalue weighted by Crippen LogP contribution is -2.52. The number of ether oxygens (including phenoxy) is 1. The van der Waals surface area contributed by atoms with Crippen molar-refractivity contribution in [3.63, 3.8) is 0 Å². The molecule has 1 saturated heterocycles. The van der Waals surface area contributed by atoms with Crippen LogP contribution < -0.4 is 26.0 Å². The van der Waals surface area contributed by atoms with Crippen LogP contribution in [-0.4, -0.2) is 73.6 Å². The van der Waals surface area contributed by atoms with E-state index in [1.807, 2.05) is 35.4 Å². The van der Waals surface area contributed by atoms with Crippen LogP contribution in [0.1, 0.15) is 116 Å². The molecule has 314 valence electrons. The first kappa shape index (κ1) is 41.4. The molecule has 1 atom stereocenters. The fourth-order valence-corrected chi connectivity index (χ4v) is 9.71. The molecule has 0 spiro atoms. The molecule has 3 amide bonds. The zero-order valence-electron chi connectivity index (χ0n) is 33.9. The van der Waals surface area contributed by atoms with Crippen LogP contribution >= 0.6 is 22.9 Å². The van der Waals surface area contributed by atoms with Crippen molar-refractivity contribution in [3.8, 4) is 17.0 Å². The van der Waals surface area contributed by atoms with Gasteiger partial charge in [0.05, 0.1) is 28.7 Å². The number of benzene rings is 1. The van der Waals surface area contributed by atoms with E-state index in [1.165, 1.54) is 67.5 Å². The fourth-order valence-electron chi connectivity index (χ4n) is 8.57. The highest BCUT2D eigenvalue weighted by atomic mass is 35.5. The van der Waals surface area contributed by atoms with E-state index in [1.54, 1.807) is 11.1 Å². The molecule has 2 saturated carbocycles. The summed E-state index contributed by atoms with van der Waals surface area (Å²) in [5.74, 6) is 1.35. The topological polar surface area (TPSA) is 155 Å². The van der Waals surface area contributed by atoms with Crippen molar-refractivity contribution in [2.45, 2.75) is 128 Å². The molecule has 3 aromatic heterocycles. The van der Waals surface area contributed by atoms with Gasteiger partial charge in [-0.15, -0.1) is 11.3 Å². The van der Waals surface area contributed by atoms with E-state index in [0.717, 1.165) is 85.1 Å². The summed E-state index contributed by atoms with van der Waals surface area (Å²) in [7, 11) is 2.00. The maximum atomic E-state index is 13.0. The number of nitrogens with one attached hydrogen (secondary N) is 4. The van der Waals surface area contributed by atoms with Crippen LogP contribution in [0.4, 0.5) is 5.95 Å². The number of hydrogen-bond acceptors (Lipinski definition) is 11. The van der Waals surface area contributed by atoms with Gasteiger partial charge in [-0.05, 0) is 101 Å². The zero-order valence-corrected chi connectivity index (χ0v) is 35.5. The van der Waals surface area contributed by atoms with E-state index in [9.17, 15) is 14.4 Å². The lowest BCUT2D eigenvalue weighted by Gasteiger charge is -2.30. The molecular weight excluding hydrogens is 786 g/mol. The number of carbonyl (C=O) groups excluding carboxylic acids is 3. The van der Waals surface area contributed by atoms with Crippen molar-refractivity contribution in [3.05, 3.63) is 74.3 Å². The molecule has 13 nitrogen and oxygen atoms in total. The molecule has 1 aromatic carbocycles. The predicted molar refractivity (Wildman–Crippen MR) is 229 cm³/mol. The summed E-state index contributed by atoms with van der Waals surface area (Å²) in [5, 5.41) is 20.3. The van der Waals surface area contributed by atoms with Gasteiger partial charge in [0.15, 0.2) is 0 Å². The molecule has 0 bridgehead atoms. The standard InChI is InChI=1S/C44H56ClN9O4S/c1-53-38(21-28-7-8-28)33(23-49-53)41-36(45)24-48-44(52-41)50-31-13-11-30(12-14-31)47-20-6-4-2-3-5-19-46-22-29-9-15-32(16-10-29)58-26-39-34-25-54(43(57)35(34)27-59-39)37-17-18-40(55)51-42(37)56/h9-10,15-16,23-24,27-28,30-31,37,46-47H,2-8,11-14,17-22,25-26H2,1H3,(H,48,50,52)(H,51,55,56). The van der Waals surface area contributed by atoms with Crippen LogP contribution in [0.25, 0.3) is 11.3 Å². The van der Waals surface area contributed by atoms with Crippen molar-refractivity contribution in [2.75, 3.05) is 18.4 Å². The van der Waals surface area contributed by atoms with Crippen molar-refractivity contribution in [1.29, 1.82) is 0 Å². The normalized spacial score (nSPS) is 20.5. The Bertz CT molecular complexity index is 2090. The summed E-state index contributed by atoms with van der Waals surface area (Å²) in [4.78, 5) is 48.9. The van der Waals surface area contributed by atoms with Gasteiger partial charge >= 0.3 is 0 Å². The maximum absolute atomic E-state index is 13.0. The van der Waals surface area contributed by atoms with Gasteiger partial charge in [0.1, 0.15) is 18.4 Å². The van der Waals surface area contributed by atoms with Gasteiger partial charge < -0.3 is 25.6 Å². The lowest BCUT2D eigenvalue weighted by atomic mass is 9.91. The minimum atomic E-state index is -0.607. The molecule has 3 fully saturated rings. The third-order valence-electron chi connectivity index (χ3n) is 12.3. The van der Waals surface area contributed by atoms with Gasteiger partial charge in [-0.1, -0.05) is 43.0 Å². The second-order valence-electron chi connectivity index (χ2n) is 16.6. The highest BCUT2D eigenvalue weighted by molar-refractivity contribution is 7.10. The number of rotatable bonds is 20. The molecule has 5 heterocycles. The van der Waals surface area contributed by atoms with E-state index in [2.05, 4.69) is 43.5 Å². The summed E-state index contributed by atoms with van der Waals surface area (Å²) in [6.07, 6.45) is 18.4. The number of anilines is 1. The maximum Gasteiger partial charge on any atom is 0.256 e. The smallest absolute Gasteiger partial charge is 0.256 e. The van der Waals surface area contributed by atoms with Crippen molar-refractivity contribution in [2.24, 2.45) is 13.0 Å². The molecule has 8 rings (SSSR count). The number of halogens is 1. The SMILES string of the molecule is Cn1ncc(-c2nc(NC3CCC(NCCCCCCCNCc4ccc(OCc5scc6c5CN(C5CCC(=O)NC5=O)C6=O)cc4)CC3)ncc2Cl)c1CC1CC1. The number of aryl methyl sites for hydroxylation is 1. The molecule has 4 N–H and O–H groups in total. The van der Waals surface area contributed by atoms with Gasteiger partial charge in [-0.25, -0.2) is 9.97 Å². The van der Waals surface area contributed by atoms with Crippen LogP contribution in [0.3, 0.4) is 0 Å². The summed E-state index contributed by atoms with van der Waals surface area (Å²) >= 11 is 8.10. The van der Waals surface area contributed by atoms with Crippen molar-refractivity contribution in [1.82, 2.24) is 40.6 Å². The zero-order chi connectivity index (χ0) is 40.7. The van der Waals surface area contributed by atoms with E-state index in [0.29, 0.717) is 48.2 Å². The van der Waals surface area contributed by atoms with E-state index < -0.39 is 11.9 Å². The predicted octanol–water partition coefficient (Wildman–Crippen LogP) is 6.94. The van der Waals surface area contributed by atoms with Gasteiger partial charge in [0, 0.05) is 65.7 Å². The molecule has 4 aliphatic rings. The third kappa shape index (κ3) is 10.5. The number of hydrogen-bond donors (Lipinski definition) is 4. The third-order valence-corrected chi connectivity index (χ3v) is 13.6. The number of unbranched alkanes of at least 4 members (excludes halogenated alkanes) is 4. The molecule has 59 heavy (non-hydrogen) atoms. The molecule has 0 radical (unpaired) electrons. The number of amides is 3. The Kier molecular flexibility index (Phi) is 13.6. The molecule has 15 heteroatoms. The average Bonchev–Trinajstić information content (AvgIpc) is 3.74. The Balaban J connectivity index is 0.653. The molecule has 1 unspecified atom stereocenters. The van der Waals surface area contributed by atoms with Gasteiger partial charge in [0.2, 0.25) is 17.8 Å². The first-order chi connectivity index (χ1) is 28.8. The highest BCUT2D eigenvalue weighted by Gasteiger charge is 2.40. The van der Waals surface area contributed by atoms with Gasteiger partial charge in [-0.2, -0.15) is 5.10 Å². The minimum absolute atomic E-state index is 0.152. The summed E-state index contributed by atoms with van der Waals surface area (Å²) in [6.45, 7) is 3.63. The van der Waals surface area contributed by atoms with Gasteiger partial charge in [0.25, 0.3) is 5.91 Å². The van der Waals surface area contributed by atoms with Crippen molar-refractivity contribution < 1.29 is 19.1 Å².